The van der Waals surface area contributed by atoms with Crippen LogP contribution in [0.1, 0.15) is 110 Å². The zero-order valence-electron chi connectivity index (χ0n) is 19.7. The Kier molecular flexibility index (Phi) is 15.1. The summed E-state index contributed by atoms with van der Waals surface area (Å²) in [5.41, 5.74) is 0. The molecule has 0 spiro atoms. The highest BCUT2D eigenvalue weighted by Crippen LogP contribution is 2.39. The molecule has 1 aliphatic carbocycles. The first-order chi connectivity index (χ1) is 14.5. The normalized spacial score (nSPS) is 22.2. The molecule has 30 heavy (non-hydrogen) atoms. The van der Waals surface area contributed by atoms with Crippen LogP contribution in [0.3, 0.4) is 0 Å². The second-order valence-corrected chi connectivity index (χ2v) is 8.97. The van der Waals surface area contributed by atoms with E-state index < -0.39 is 12.1 Å². The molecule has 0 bridgehead atoms. The molecule has 5 nitrogen and oxygen atoms in total. The smallest absolute Gasteiger partial charge is 0.343 e. The van der Waals surface area contributed by atoms with Crippen LogP contribution in [-0.2, 0) is 19.1 Å². The van der Waals surface area contributed by atoms with Gasteiger partial charge in [0.2, 0.25) is 6.10 Å². The van der Waals surface area contributed by atoms with E-state index in [1.165, 1.54) is 52.1 Å². The molecule has 1 saturated carbocycles. The summed E-state index contributed by atoms with van der Waals surface area (Å²) in [4.78, 5) is 24.3. The second kappa shape index (κ2) is 16.7. The maximum atomic E-state index is 12.3. The highest BCUT2D eigenvalue weighted by Gasteiger charge is 2.34. The predicted molar refractivity (Wildman–Crippen MR) is 120 cm³/mol. The number of ketones is 1. The third-order valence-electron chi connectivity index (χ3n) is 6.56. The van der Waals surface area contributed by atoms with Crippen molar-refractivity contribution in [3.05, 3.63) is 0 Å². The van der Waals surface area contributed by atoms with Gasteiger partial charge in [-0.1, -0.05) is 71.6 Å². The van der Waals surface area contributed by atoms with Gasteiger partial charge in [-0.05, 0) is 43.9 Å². The van der Waals surface area contributed by atoms with E-state index in [1.54, 1.807) is 0 Å². The molecule has 0 radical (unpaired) electrons. The van der Waals surface area contributed by atoms with Crippen LogP contribution in [-0.4, -0.2) is 42.8 Å². The third kappa shape index (κ3) is 10.4. The number of ether oxygens (including phenoxy) is 2. The standard InChI is InChI=1S/C25H46O5/c1-4-6-8-9-10-11-14-20-17-18-22(26)21(20)15-12-13-16-23(27)24(29-3)25(28)30-19-7-5-2/h20-22,24,26H,4-19H2,1-3H3/t20-,21+,22-,24?/m0/s1. The molecule has 0 aromatic heterocycles. The van der Waals surface area contributed by atoms with Gasteiger partial charge < -0.3 is 14.6 Å². The molecular weight excluding hydrogens is 380 g/mol. The fourth-order valence-corrected chi connectivity index (χ4v) is 4.66. The Hall–Kier alpha value is -0.940. The van der Waals surface area contributed by atoms with Crippen molar-refractivity contribution in [2.45, 2.75) is 122 Å². The van der Waals surface area contributed by atoms with E-state index in [0.29, 0.717) is 24.9 Å². The first-order valence-corrected chi connectivity index (χ1v) is 12.4. The van der Waals surface area contributed by atoms with E-state index in [1.807, 2.05) is 6.92 Å². The van der Waals surface area contributed by atoms with Crippen molar-refractivity contribution in [1.82, 2.24) is 0 Å². The number of aliphatic hydroxyl groups is 1. The number of esters is 1. The molecule has 0 heterocycles. The Labute approximate surface area is 184 Å². The summed E-state index contributed by atoms with van der Waals surface area (Å²) in [5.74, 6) is 0.228. The summed E-state index contributed by atoms with van der Waals surface area (Å²) in [5, 5.41) is 10.4. The first-order valence-electron chi connectivity index (χ1n) is 12.4. The van der Waals surface area contributed by atoms with Gasteiger partial charge in [0.1, 0.15) is 0 Å². The van der Waals surface area contributed by atoms with Gasteiger partial charge in [-0.25, -0.2) is 4.79 Å². The lowest BCUT2D eigenvalue weighted by Crippen LogP contribution is -2.33. The number of Topliss-reactive ketones (excluding diaryl/α,β-unsaturated/α-hetero) is 1. The largest absolute Gasteiger partial charge is 0.463 e. The molecule has 0 aromatic carbocycles. The van der Waals surface area contributed by atoms with E-state index in [4.69, 9.17) is 9.47 Å². The molecule has 176 valence electrons. The van der Waals surface area contributed by atoms with Crippen LogP contribution in [0.2, 0.25) is 0 Å². The lowest BCUT2D eigenvalue weighted by atomic mass is 9.85. The van der Waals surface area contributed by atoms with E-state index >= 15 is 0 Å². The van der Waals surface area contributed by atoms with Crippen molar-refractivity contribution in [2.24, 2.45) is 11.8 Å². The number of carbonyl (C=O) groups is 2. The highest BCUT2D eigenvalue weighted by molar-refractivity contribution is 6.01. The number of rotatable bonds is 18. The second-order valence-electron chi connectivity index (χ2n) is 8.97. The summed E-state index contributed by atoms with van der Waals surface area (Å²) in [6.07, 6.45) is 14.5. The summed E-state index contributed by atoms with van der Waals surface area (Å²) < 4.78 is 10.2. The van der Waals surface area contributed by atoms with Gasteiger partial charge >= 0.3 is 5.97 Å². The van der Waals surface area contributed by atoms with Gasteiger partial charge in [-0.2, -0.15) is 0 Å². The van der Waals surface area contributed by atoms with Crippen LogP contribution >= 0.6 is 0 Å². The van der Waals surface area contributed by atoms with Crippen molar-refractivity contribution >= 4 is 11.8 Å². The monoisotopic (exact) mass is 426 g/mol. The maximum Gasteiger partial charge on any atom is 0.343 e. The Morgan fingerprint density at radius 2 is 1.57 bits per heavy atom. The molecule has 5 heteroatoms. The Bertz CT molecular complexity index is 464. The topological polar surface area (TPSA) is 72.8 Å². The molecule has 0 aromatic rings. The van der Waals surface area contributed by atoms with Crippen LogP contribution in [0.4, 0.5) is 0 Å². The van der Waals surface area contributed by atoms with Crippen LogP contribution in [0.25, 0.3) is 0 Å². The summed E-state index contributed by atoms with van der Waals surface area (Å²) >= 11 is 0. The number of aliphatic hydroxyl groups excluding tert-OH is 1. The third-order valence-corrected chi connectivity index (χ3v) is 6.56. The zero-order chi connectivity index (χ0) is 22.2. The maximum absolute atomic E-state index is 12.3. The van der Waals surface area contributed by atoms with Crippen LogP contribution in [0, 0.1) is 11.8 Å². The van der Waals surface area contributed by atoms with Crippen molar-refractivity contribution in [2.75, 3.05) is 13.7 Å². The fourth-order valence-electron chi connectivity index (χ4n) is 4.66. The van der Waals surface area contributed by atoms with E-state index in [2.05, 4.69) is 6.92 Å². The van der Waals surface area contributed by atoms with Crippen molar-refractivity contribution in [3.8, 4) is 0 Å². The fraction of sp³-hybridized carbons (Fsp3) is 0.920. The van der Waals surface area contributed by atoms with Gasteiger partial charge in [0.05, 0.1) is 12.7 Å². The van der Waals surface area contributed by atoms with Crippen molar-refractivity contribution in [3.63, 3.8) is 0 Å². The minimum absolute atomic E-state index is 0.189. The molecule has 4 atom stereocenters. The Morgan fingerprint density at radius 3 is 2.27 bits per heavy atom. The van der Waals surface area contributed by atoms with Crippen LogP contribution in [0.15, 0.2) is 0 Å². The van der Waals surface area contributed by atoms with Crippen molar-refractivity contribution < 1.29 is 24.2 Å². The average Bonchev–Trinajstić information content (AvgIpc) is 3.08. The molecular formula is C25H46O5. The molecule has 1 N–H and O–H groups in total. The zero-order valence-corrected chi connectivity index (χ0v) is 19.7. The van der Waals surface area contributed by atoms with Gasteiger partial charge in [0.25, 0.3) is 0 Å². The first kappa shape index (κ1) is 27.1. The number of hydrogen-bond acceptors (Lipinski definition) is 5. The summed E-state index contributed by atoms with van der Waals surface area (Å²) in [6.45, 7) is 4.60. The van der Waals surface area contributed by atoms with Crippen LogP contribution < -0.4 is 0 Å². The van der Waals surface area contributed by atoms with Gasteiger partial charge in [-0.3, -0.25) is 4.79 Å². The quantitative estimate of drug-likeness (QED) is 0.175. The molecule has 0 aliphatic heterocycles. The van der Waals surface area contributed by atoms with Gasteiger partial charge in [-0.15, -0.1) is 0 Å². The lowest BCUT2D eigenvalue weighted by molar-refractivity contribution is -0.159. The number of carbonyl (C=O) groups excluding carboxylic acids is 2. The molecule has 0 saturated heterocycles. The molecule has 1 rings (SSSR count). The number of unbranched alkanes of at least 4 members (excludes halogenated alkanes) is 7. The van der Waals surface area contributed by atoms with Gasteiger partial charge in [0.15, 0.2) is 5.78 Å². The molecule has 0 amide bonds. The SMILES string of the molecule is CCCCCCCC[C@H]1CC[C@H](O)[C@@H]1CCCCC(=O)C(OC)C(=O)OCCCC. The molecule has 1 unspecified atom stereocenters. The number of methoxy groups -OCH3 is 1. The van der Waals surface area contributed by atoms with E-state index in [9.17, 15) is 14.7 Å². The predicted octanol–water partition coefficient (Wildman–Crippen LogP) is 5.61. The van der Waals surface area contributed by atoms with Crippen molar-refractivity contribution in [1.29, 1.82) is 0 Å². The Morgan fingerprint density at radius 1 is 0.900 bits per heavy atom. The minimum Gasteiger partial charge on any atom is -0.463 e. The van der Waals surface area contributed by atoms with Gasteiger partial charge in [0, 0.05) is 13.5 Å². The highest BCUT2D eigenvalue weighted by atomic mass is 16.6. The number of hydrogen-bond donors (Lipinski definition) is 1. The lowest BCUT2D eigenvalue weighted by Gasteiger charge is -2.22. The summed E-state index contributed by atoms with van der Waals surface area (Å²) in [6, 6.07) is 0. The Balaban J connectivity index is 2.27. The van der Waals surface area contributed by atoms with Crippen LogP contribution in [0.5, 0.6) is 0 Å². The van der Waals surface area contributed by atoms with E-state index in [-0.39, 0.29) is 11.9 Å². The minimum atomic E-state index is -1.10. The molecule has 1 fully saturated rings. The average molecular weight is 427 g/mol. The molecule has 1 aliphatic rings. The van der Waals surface area contributed by atoms with E-state index in [0.717, 1.165) is 44.9 Å². The summed E-state index contributed by atoms with van der Waals surface area (Å²) in [7, 11) is 1.38.